The number of β-amino-alcohol motifs (C(OH)–C–C–N with tert-alkyl or cyclic N) is 1. The number of nitrogens with one attached hydrogen (secondary N) is 1. The Bertz CT molecular complexity index is 203. The number of carboxylic acid groups (broad SMARTS) is 1. The highest BCUT2D eigenvalue weighted by Crippen LogP contribution is 2.13. The van der Waals surface area contributed by atoms with Crippen LogP contribution in [0.1, 0.15) is 6.42 Å². The maximum Gasteiger partial charge on any atom is 0.404 e. The first-order valence-corrected chi connectivity index (χ1v) is 4.60. The lowest BCUT2D eigenvalue weighted by molar-refractivity contribution is 0.0865. The Labute approximate surface area is 81.5 Å². The van der Waals surface area contributed by atoms with Crippen LogP contribution in [0.4, 0.5) is 9.18 Å². The average molecular weight is 206 g/mol. The summed E-state index contributed by atoms with van der Waals surface area (Å²) in [4.78, 5) is 12.1. The first-order chi connectivity index (χ1) is 6.63. The Kier molecular flexibility index (Phi) is 4.09. The highest BCUT2D eigenvalue weighted by molar-refractivity contribution is 5.64. The van der Waals surface area contributed by atoms with E-state index in [0.717, 1.165) is 0 Å². The van der Waals surface area contributed by atoms with Crippen LogP contribution in [0.5, 0.6) is 0 Å². The zero-order valence-corrected chi connectivity index (χ0v) is 7.82. The maximum atomic E-state index is 13.3. The quantitative estimate of drug-likeness (QED) is 0.590. The Morgan fingerprint density at radius 1 is 1.64 bits per heavy atom. The normalized spacial score (nSPS) is 28.7. The molecule has 0 aliphatic carbocycles. The molecule has 1 rings (SSSR count). The predicted octanol–water partition coefficient (Wildman–Crippen LogP) is -0.341. The lowest BCUT2D eigenvalue weighted by Crippen LogP contribution is -2.52. The number of halogens is 1. The Balaban J connectivity index is 2.35. The van der Waals surface area contributed by atoms with Crippen LogP contribution in [0.2, 0.25) is 0 Å². The zero-order chi connectivity index (χ0) is 10.6. The molecule has 5 nitrogen and oxygen atoms in total. The third-order valence-corrected chi connectivity index (χ3v) is 2.35. The highest BCUT2D eigenvalue weighted by atomic mass is 19.1. The van der Waals surface area contributed by atoms with E-state index in [1.54, 1.807) is 4.90 Å². The summed E-state index contributed by atoms with van der Waals surface area (Å²) >= 11 is 0. The van der Waals surface area contributed by atoms with Crippen molar-refractivity contribution in [3.63, 3.8) is 0 Å². The van der Waals surface area contributed by atoms with Crippen LogP contribution in [0, 0.1) is 0 Å². The molecule has 1 saturated heterocycles. The van der Waals surface area contributed by atoms with Crippen molar-refractivity contribution in [1.29, 1.82) is 0 Å². The van der Waals surface area contributed by atoms with Gasteiger partial charge in [-0.25, -0.2) is 9.18 Å². The fraction of sp³-hybridized carbons (Fsp3) is 0.875. The standard InChI is InChI=1S/C8H15FN2O3/c9-6-5-11(3-4-12)2-1-7(6)10-8(13)14/h6-7,10,12H,1-5H2,(H,13,14). The third kappa shape index (κ3) is 3.12. The molecular formula is C8H15FN2O3. The highest BCUT2D eigenvalue weighted by Gasteiger charge is 2.29. The van der Waals surface area contributed by atoms with Gasteiger partial charge in [-0.2, -0.15) is 0 Å². The number of rotatable bonds is 3. The number of hydrogen-bond donors (Lipinski definition) is 3. The smallest absolute Gasteiger partial charge is 0.404 e. The van der Waals surface area contributed by atoms with Gasteiger partial charge in [0.15, 0.2) is 0 Å². The summed E-state index contributed by atoms with van der Waals surface area (Å²) < 4.78 is 13.3. The summed E-state index contributed by atoms with van der Waals surface area (Å²) in [5.41, 5.74) is 0. The van der Waals surface area contributed by atoms with Crippen molar-refractivity contribution in [3.05, 3.63) is 0 Å². The van der Waals surface area contributed by atoms with E-state index in [-0.39, 0.29) is 13.2 Å². The number of alkyl halides is 1. The Morgan fingerprint density at radius 3 is 2.86 bits per heavy atom. The lowest BCUT2D eigenvalue weighted by atomic mass is 10.0. The third-order valence-electron chi connectivity index (χ3n) is 2.35. The van der Waals surface area contributed by atoms with E-state index in [0.29, 0.717) is 19.5 Å². The first-order valence-electron chi connectivity index (χ1n) is 4.60. The van der Waals surface area contributed by atoms with Crippen molar-refractivity contribution < 1.29 is 19.4 Å². The van der Waals surface area contributed by atoms with Crippen LogP contribution in [-0.4, -0.2) is 59.7 Å². The van der Waals surface area contributed by atoms with Gasteiger partial charge in [-0.1, -0.05) is 0 Å². The largest absolute Gasteiger partial charge is 0.465 e. The molecule has 2 unspecified atom stereocenters. The van der Waals surface area contributed by atoms with Gasteiger partial charge >= 0.3 is 6.09 Å². The monoisotopic (exact) mass is 206 g/mol. The summed E-state index contributed by atoms with van der Waals surface area (Å²) in [6, 6.07) is -0.609. The van der Waals surface area contributed by atoms with Gasteiger partial charge in [0, 0.05) is 19.6 Å². The number of aliphatic hydroxyl groups excluding tert-OH is 1. The van der Waals surface area contributed by atoms with E-state index in [2.05, 4.69) is 5.32 Å². The van der Waals surface area contributed by atoms with E-state index in [1.807, 2.05) is 0 Å². The number of piperidine rings is 1. The van der Waals surface area contributed by atoms with E-state index in [9.17, 15) is 9.18 Å². The van der Waals surface area contributed by atoms with Crippen molar-refractivity contribution in [1.82, 2.24) is 10.2 Å². The van der Waals surface area contributed by atoms with Crippen LogP contribution in [0.25, 0.3) is 0 Å². The number of carbonyl (C=O) groups is 1. The topological polar surface area (TPSA) is 72.8 Å². The summed E-state index contributed by atoms with van der Waals surface area (Å²) in [5.74, 6) is 0. The fourth-order valence-electron chi connectivity index (χ4n) is 1.63. The number of aliphatic hydroxyl groups is 1. The lowest BCUT2D eigenvalue weighted by Gasteiger charge is -2.33. The zero-order valence-electron chi connectivity index (χ0n) is 7.82. The van der Waals surface area contributed by atoms with Gasteiger partial charge in [-0.15, -0.1) is 0 Å². The molecule has 0 bridgehead atoms. The molecule has 1 fully saturated rings. The van der Waals surface area contributed by atoms with Gasteiger partial charge in [0.05, 0.1) is 12.6 Å². The Morgan fingerprint density at radius 2 is 2.36 bits per heavy atom. The van der Waals surface area contributed by atoms with Crippen LogP contribution in [0.3, 0.4) is 0 Å². The van der Waals surface area contributed by atoms with Gasteiger partial charge in [0.25, 0.3) is 0 Å². The second-order valence-electron chi connectivity index (χ2n) is 3.38. The molecule has 14 heavy (non-hydrogen) atoms. The van der Waals surface area contributed by atoms with E-state index in [4.69, 9.17) is 10.2 Å². The number of hydrogen-bond acceptors (Lipinski definition) is 3. The molecule has 1 heterocycles. The van der Waals surface area contributed by atoms with E-state index >= 15 is 0 Å². The minimum absolute atomic E-state index is 0.00372. The van der Waals surface area contributed by atoms with Crippen LogP contribution in [0.15, 0.2) is 0 Å². The average Bonchev–Trinajstić information content (AvgIpc) is 2.10. The molecule has 1 amide bonds. The first kappa shape index (κ1) is 11.2. The molecule has 0 radical (unpaired) electrons. The summed E-state index contributed by atoms with van der Waals surface area (Å²) in [6.45, 7) is 1.25. The summed E-state index contributed by atoms with van der Waals surface area (Å²) in [7, 11) is 0. The number of amides is 1. The molecule has 0 spiro atoms. The molecule has 0 aromatic rings. The van der Waals surface area contributed by atoms with E-state index < -0.39 is 18.3 Å². The van der Waals surface area contributed by atoms with Gasteiger partial charge < -0.3 is 15.5 Å². The molecular weight excluding hydrogens is 191 g/mol. The van der Waals surface area contributed by atoms with Crippen molar-refractivity contribution >= 4 is 6.09 Å². The van der Waals surface area contributed by atoms with Gasteiger partial charge in [-0.05, 0) is 6.42 Å². The molecule has 6 heteroatoms. The molecule has 1 aliphatic rings. The summed E-state index contributed by atoms with van der Waals surface area (Å²) in [6.07, 6.45) is -1.92. The van der Waals surface area contributed by atoms with Gasteiger partial charge in [0.1, 0.15) is 6.17 Å². The number of nitrogens with zero attached hydrogens (tertiary/aromatic N) is 1. The van der Waals surface area contributed by atoms with Gasteiger partial charge in [-0.3, -0.25) is 4.90 Å². The molecule has 0 saturated carbocycles. The molecule has 82 valence electrons. The van der Waals surface area contributed by atoms with Crippen molar-refractivity contribution in [2.24, 2.45) is 0 Å². The molecule has 0 aromatic carbocycles. The molecule has 0 aromatic heterocycles. The summed E-state index contributed by atoms with van der Waals surface area (Å²) in [5, 5.41) is 19.2. The molecule has 2 atom stereocenters. The van der Waals surface area contributed by atoms with Crippen molar-refractivity contribution in [3.8, 4) is 0 Å². The SMILES string of the molecule is O=C(O)NC1CCN(CCO)CC1F. The van der Waals surface area contributed by atoms with Crippen LogP contribution in [-0.2, 0) is 0 Å². The minimum atomic E-state index is -1.19. The minimum Gasteiger partial charge on any atom is -0.465 e. The second-order valence-corrected chi connectivity index (χ2v) is 3.38. The molecule has 1 aliphatic heterocycles. The number of likely N-dealkylation sites (tertiary alicyclic amines) is 1. The molecule has 3 N–H and O–H groups in total. The fourth-order valence-corrected chi connectivity index (χ4v) is 1.63. The van der Waals surface area contributed by atoms with Crippen molar-refractivity contribution in [2.45, 2.75) is 18.6 Å². The van der Waals surface area contributed by atoms with Gasteiger partial charge in [0.2, 0.25) is 0 Å². The Hall–Kier alpha value is -0.880. The van der Waals surface area contributed by atoms with Crippen LogP contribution < -0.4 is 5.32 Å². The second kappa shape index (κ2) is 5.11. The van der Waals surface area contributed by atoms with E-state index in [1.165, 1.54) is 0 Å². The van der Waals surface area contributed by atoms with Crippen LogP contribution >= 0.6 is 0 Å². The van der Waals surface area contributed by atoms with Crippen molar-refractivity contribution in [2.75, 3.05) is 26.2 Å². The maximum absolute atomic E-state index is 13.3. The predicted molar refractivity (Wildman–Crippen MR) is 48.0 cm³/mol.